The van der Waals surface area contributed by atoms with Crippen molar-refractivity contribution in [1.29, 1.82) is 0 Å². The number of hydrazine groups is 2. The standard InChI is InChI=1S/C15H24N8O2/c1-14(2,3)11(24)21-20-10-8-9(17-7-16-8)18-13(19-10)23-22-12(25)15(4,5)6/h7H,1-6H3,(H,21,24)(H,22,25)(H3,16,17,18,19,20,23). The Kier molecular flexibility index (Phi) is 4.82. The molecule has 10 nitrogen and oxygen atoms in total. The highest BCUT2D eigenvalue weighted by Gasteiger charge is 2.23. The second kappa shape index (κ2) is 6.54. The first-order valence-corrected chi connectivity index (χ1v) is 7.82. The lowest BCUT2D eigenvalue weighted by Gasteiger charge is -2.19. The molecule has 0 aliphatic heterocycles. The van der Waals surface area contributed by atoms with Crippen LogP contribution in [0.2, 0.25) is 0 Å². The summed E-state index contributed by atoms with van der Waals surface area (Å²) < 4.78 is 0. The van der Waals surface area contributed by atoms with Gasteiger partial charge in [0.15, 0.2) is 11.5 Å². The number of nitrogens with one attached hydrogen (secondary N) is 5. The fraction of sp³-hybridized carbons (Fsp3) is 0.533. The van der Waals surface area contributed by atoms with E-state index < -0.39 is 10.8 Å². The molecule has 0 aliphatic carbocycles. The average molecular weight is 348 g/mol. The van der Waals surface area contributed by atoms with Crippen LogP contribution in [0.3, 0.4) is 0 Å². The Labute approximate surface area is 145 Å². The van der Waals surface area contributed by atoms with Crippen LogP contribution in [0.1, 0.15) is 41.5 Å². The molecule has 5 N–H and O–H groups in total. The van der Waals surface area contributed by atoms with E-state index in [2.05, 4.69) is 41.6 Å². The molecule has 0 radical (unpaired) electrons. The number of nitrogens with zero attached hydrogens (tertiary/aromatic N) is 3. The molecule has 2 rings (SSSR count). The predicted molar refractivity (Wildman–Crippen MR) is 94.1 cm³/mol. The summed E-state index contributed by atoms with van der Waals surface area (Å²) >= 11 is 0. The maximum Gasteiger partial charge on any atom is 0.246 e. The Morgan fingerprint density at radius 1 is 0.920 bits per heavy atom. The molecule has 0 unspecified atom stereocenters. The Bertz CT molecular complexity index is 785. The summed E-state index contributed by atoms with van der Waals surface area (Å²) in [6.45, 7) is 10.8. The van der Waals surface area contributed by atoms with Crippen molar-refractivity contribution in [2.75, 3.05) is 10.9 Å². The minimum Gasteiger partial charge on any atom is -0.340 e. The Balaban J connectivity index is 2.18. The lowest BCUT2D eigenvalue weighted by Crippen LogP contribution is -2.40. The maximum absolute atomic E-state index is 12.0. The summed E-state index contributed by atoms with van der Waals surface area (Å²) in [5, 5.41) is 0. The van der Waals surface area contributed by atoms with Gasteiger partial charge in [-0.3, -0.25) is 31.3 Å². The van der Waals surface area contributed by atoms with E-state index in [9.17, 15) is 9.59 Å². The molecular weight excluding hydrogens is 324 g/mol. The summed E-state index contributed by atoms with van der Waals surface area (Å²) in [5.74, 6) is 0.0559. The number of carbonyl (C=O) groups excluding carboxylic acids is 2. The van der Waals surface area contributed by atoms with Gasteiger partial charge in [0.05, 0.1) is 6.33 Å². The smallest absolute Gasteiger partial charge is 0.246 e. The van der Waals surface area contributed by atoms with Crippen LogP contribution in [0, 0.1) is 10.8 Å². The van der Waals surface area contributed by atoms with Gasteiger partial charge >= 0.3 is 0 Å². The van der Waals surface area contributed by atoms with Crippen molar-refractivity contribution in [3.8, 4) is 0 Å². The van der Waals surface area contributed by atoms with Gasteiger partial charge in [0.25, 0.3) is 0 Å². The summed E-state index contributed by atoms with van der Waals surface area (Å²) in [6.07, 6.45) is 1.47. The molecule has 136 valence electrons. The van der Waals surface area contributed by atoms with E-state index in [0.29, 0.717) is 17.0 Å². The Hall–Kier alpha value is -2.91. The van der Waals surface area contributed by atoms with Gasteiger partial charge in [-0.25, -0.2) is 4.98 Å². The second-order valence-electron chi connectivity index (χ2n) is 7.66. The molecule has 0 atom stereocenters. The van der Waals surface area contributed by atoms with E-state index in [-0.39, 0.29) is 17.8 Å². The number of aromatic nitrogens is 4. The van der Waals surface area contributed by atoms with E-state index in [4.69, 9.17) is 0 Å². The number of anilines is 2. The van der Waals surface area contributed by atoms with Crippen molar-refractivity contribution in [3.05, 3.63) is 6.33 Å². The van der Waals surface area contributed by atoms with Crippen LogP contribution in [0.25, 0.3) is 11.2 Å². The van der Waals surface area contributed by atoms with Crippen molar-refractivity contribution >= 4 is 34.7 Å². The van der Waals surface area contributed by atoms with Gasteiger partial charge in [-0.1, -0.05) is 41.5 Å². The highest BCUT2D eigenvalue weighted by atomic mass is 16.2. The molecule has 2 heterocycles. The predicted octanol–water partition coefficient (Wildman–Crippen LogP) is 1.33. The summed E-state index contributed by atoms with van der Waals surface area (Å²) in [4.78, 5) is 39.4. The summed E-state index contributed by atoms with van der Waals surface area (Å²) in [6, 6.07) is 0. The third kappa shape index (κ3) is 4.55. The third-order valence-electron chi connectivity index (χ3n) is 3.23. The van der Waals surface area contributed by atoms with Crippen LogP contribution < -0.4 is 21.7 Å². The van der Waals surface area contributed by atoms with Crippen LogP contribution >= 0.6 is 0 Å². The molecule has 0 aromatic carbocycles. The molecule has 25 heavy (non-hydrogen) atoms. The molecule has 0 aliphatic rings. The number of H-pyrrole nitrogens is 1. The molecule has 0 fully saturated rings. The SMILES string of the molecule is CC(C)(C)C(=O)NNc1nc(NNC(=O)C(C)(C)C)c2[nH]cnc2n1. The zero-order valence-electron chi connectivity index (χ0n) is 15.2. The van der Waals surface area contributed by atoms with E-state index in [1.54, 1.807) is 41.5 Å². The molecule has 0 saturated heterocycles. The molecule has 0 bridgehead atoms. The molecule has 2 amide bonds. The molecule has 0 saturated carbocycles. The largest absolute Gasteiger partial charge is 0.340 e. The van der Waals surface area contributed by atoms with Crippen LogP contribution in [0.4, 0.5) is 11.8 Å². The van der Waals surface area contributed by atoms with Crippen molar-refractivity contribution in [3.63, 3.8) is 0 Å². The van der Waals surface area contributed by atoms with Crippen LogP contribution in [0.5, 0.6) is 0 Å². The van der Waals surface area contributed by atoms with Crippen LogP contribution in [-0.2, 0) is 9.59 Å². The van der Waals surface area contributed by atoms with Crippen molar-refractivity contribution in [2.45, 2.75) is 41.5 Å². The molecule has 2 aromatic rings. The normalized spacial score (nSPS) is 11.9. The number of hydrogen-bond donors (Lipinski definition) is 5. The number of imidazole rings is 1. The number of aromatic amines is 1. The lowest BCUT2D eigenvalue weighted by atomic mass is 9.96. The fourth-order valence-electron chi connectivity index (χ4n) is 1.58. The zero-order chi connectivity index (χ0) is 18.8. The van der Waals surface area contributed by atoms with Gasteiger partial charge in [0.1, 0.15) is 5.52 Å². The first kappa shape index (κ1) is 18.4. The molecule has 0 spiro atoms. The van der Waals surface area contributed by atoms with Gasteiger partial charge in [-0.05, 0) is 0 Å². The molecule has 10 heteroatoms. The molecule has 2 aromatic heterocycles. The quantitative estimate of drug-likeness (QED) is 0.526. The van der Waals surface area contributed by atoms with Crippen molar-refractivity contribution in [1.82, 2.24) is 30.8 Å². The monoisotopic (exact) mass is 348 g/mol. The van der Waals surface area contributed by atoms with E-state index >= 15 is 0 Å². The van der Waals surface area contributed by atoms with E-state index in [1.807, 2.05) is 0 Å². The number of rotatable bonds is 4. The van der Waals surface area contributed by atoms with Gasteiger partial charge in [0.2, 0.25) is 17.8 Å². The number of carbonyl (C=O) groups is 2. The van der Waals surface area contributed by atoms with E-state index in [1.165, 1.54) is 6.33 Å². The Morgan fingerprint density at radius 2 is 1.48 bits per heavy atom. The summed E-state index contributed by atoms with van der Waals surface area (Å²) in [7, 11) is 0. The topological polar surface area (TPSA) is 137 Å². The van der Waals surface area contributed by atoms with Gasteiger partial charge < -0.3 is 4.98 Å². The van der Waals surface area contributed by atoms with Gasteiger partial charge in [0, 0.05) is 10.8 Å². The minimum atomic E-state index is -0.564. The number of hydrogen-bond acceptors (Lipinski definition) is 7. The lowest BCUT2D eigenvalue weighted by molar-refractivity contribution is -0.128. The average Bonchev–Trinajstić information content (AvgIpc) is 2.96. The van der Waals surface area contributed by atoms with Crippen LogP contribution in [-0.4, -0.2) is 31.8 Å². The minimum absolute atomic E-state index is 0.143. The zero-order valence-corrected chi connectivity index (χ0v) is 15.2. The van der Waals surface area contributed by atoms with Gasteiger partial charge in [-0.2, -0.15) is 9.97 Å². The first-order chi connectivity index (χ1) is 11.5. The molecular formula is C15H24N8O2. The number of amides is 2. The number of fused-ring (bicyclic) bond motifs is 1. The third-order valence-corrected chi connectivity index (χ3v) is 3.23. The van der Waals surface area contributed by atoms with Crippen molar-refractivity contribution in [2.24, 2.45) is 10.8 Å². The second-order valence-corrected chi connectivity index (χ2v) is 7.66. The summed E-state index contributed by atoms with van der Waals surface area (Å²) in [5.41, 5.74) is 10.4. The van der Waals surface area contributed by atoms with Crippen molar-refractivity contribution < 1.29 is 9.59 Å². The van der Waals surface area contributed by atoms with Gasteiger partial charge in [-0.15, -0.1) is 0 Å². The maximum atomic E-state index is 12.0. The van der Waals surface area contributed by atoms with Crippen LogP contribution in [0.15, 0.2) is 6.33 Å². The fourth-order valence-corrected chi connectivity index (χ4v) is 1.58. The first-order valence-electron chi connectivity index (χ1n) is 7.82. The highest BCUT2D eigenvalue weighted by molar-refractivity contribution is 5.87. The highest BCUT2D eigenvalue weighted by Crippen LogP contribution is 2.19. The van der Waals surface area contributed by atoms with E-state index in [0.717, 1.165) is 0 Å². The Morgan fingerprint density at radius 3 is 2.04 bits per heavy atom.